The fraction of sp³-hybridized carbons (Fsp3) is 0.333. The molecule has 4 heteroatoms. The van der Waals surface area contributed by atoms with E-state index in [1.807, 2.05) is 25.1 Å². The average molecular weight is 262 g/mol. The number of methoxy groups -OCH3 is 4. The van der Waals surface area contributed by atoms with Crippen LogP contribution in [0.15, 0.2) is 18.2 Å². The maximum absolute atomic E-state index is 5.47. The van der Waals surface area contributed by atoms with E-state index >= 15 is 0 Å². The lowest BCUT2D eigenvalue weighted by molar-refractivity contribution is 0.357. The highest BCUT2D eigenvalue weighted by atomic mass is 16.5. The summed E-state index contributed by atoms with van der Waals surface area (Å²) in [5, 5.41) is 1.91. The van der Waals surface area contributed by atoms with Gasteiger partial charge in [-0.1, -0.05) is 0 Å². The monoisotopic (exact) mass is 262 g/mol. The molecule has 0 N–H and O–H groups in total. The van der Waals surface area contributed by atoms with E-state index in [4.69, 9.17) is 18.9 Å². The zero-order valence-corrected chi connectivity index (χ0v) is 11.9. The highest BCUT2D eigenvalue weighted by Gasteiger charge is 2.16. The minimum atomic E-state index is 0.681. The van der Waals surface area contributed by atoms with Crippen molar-refractivity contribution in [1.82, 2.24) is 0 Å². The lowest BCUT2D eigenvalue weighted by Crippen LogP contribution is -1.96. The fourth-order valence-electron chi connectivity index (χ4n) is 2.28. The normalized spacial score (nSPS) is 10.4. The molecular formula is C15H18O4. The van der Waals surface area contributed by atoms with Gasteiger partial charge in [0.1, 0.15) is 11.5 Å². The standard InChI is InChI=1S/C15H18O4/c1-9-6-13(18-4)15(19-5)11-7-10(16-2)8-12(17-3)14(9)11/h6-8H,1-5H3. The predicted octanol–water partition coefficient (Wildman–Crippen LogP) is 3.18. The first kappa shape index (κ1) is 13.3. The molecule has 19 heavy (non-hydrogen) atoms. The molecule has 0 aliphatic heterocycles. The summed E-state index contributed by atoms with van der Waals surface area (Å²) in [6.07, 6.45) is 0. The number of hydrogen-bond acceptors (Lipinski definition) is 4. The second-order valence-electron chi connectivity index (χ2n) is 4.18. The minimum absolute atomic E-state index is 0.681. The molecule has 0 spiro atoms. The smallest absolute Gasteiger partial charge is 0.168 e. The van der Waals surface area contributed by atoms with Gasteiger partial charge in [-0.15, -0.1) is 0 Å². The molecule has 0 amide bonds. The van der Waals surface area contributed by atoms with Crippen LogP contribution < -0.4 is 18.9 Å². The van der Waals surface area contributed by atoms with E-state index in [9.17, 15) is 0 Å². The van der Waals surface area contributed by atoms with Crippen molar-refractivity contribution < 1.29 is 18.9 Å². The van der Waals surface area contributed by atoms with Gasteiger partial charge in [-0.25, -0.2) is 0 Å². The Bertz CT molecular complexity index is 605. The minimum Gasteiger partial charge on any atom is -0.497 e. The second-order valence-corrected chi connectivity index (χ2v) is 4.18. The SMILES string of the molecule is COc1cc(OC)c2c(C)cc(OC)c(OC)c2c1. The lowest BCUT2D eigenvalue weighted by Gasteiger charge is -2.16. The molecule has 2 rings (SSSR count). The summed E-state index contributed by atoms with van der Waals surface area (Å²) in [6, 6.07) is 5.73. The fourth-order valence-corrected chi connectivity index (χ4v) is 2.28. The summed E-state index contributed by atoms with van der Waals surface area (Å²) in [7, 11) is 6.52. The Balaban J connectivity index is 2.91. The van der Waals surface area contributed by atoms with E-state index < -0.39 is 0 Å². The first-order valence-corrected chi connectivity index (χ1v) is 5.93. The Morgan fingerprint density at radius 1 is 0.737 bits per heavy atom. The van der Waals surface area contributed by atoms with Crippen LogP contribution in [0.4, 0.5) is 0 Å². The summed E-state index contributed by atoms with van der Waals surface area (Å²) < 4.78 is 21.6. The van der Waals surface area contributed by atoms with Crippen LogP contribution in [-0.2, 0) is 0 Å². The third kappa shape index (κ3) is 2.14. The van der Waals surface area contributed by atoms with Crippen LogP contribution in [0.1, 0.15) is 5.56 Å². The first-order chi connectivity index (χ1) is 9.15. The molecule has 102 valence electrons. The van der Waals surface area contributed by atoms with Gasteiger partial charge in [0, 0.05) is 16.8 Å². The molecule has 0 heterocycles. The molecule has 2 aromatic rings. The highest BCUT2D eigenvalue weighted by molar-refractivity contribution is 5.98. The molecular weight excluding hydrogens is 244 g/mol. The Morgan fingerprint density at radius 2 is 1.42 bits per heavy atom. The summed E-state index contributed by atoms with van der Waals surface area (Å²) >= 11 is 0. The van der Waals surface area contributed by atoms with E-state index in [2.05, 4.69) is 0 Å². The first-order valence-electron chi connectivity index (χ1n) is 5.93. The molecule has 0 bridgehead atoms. The lowest BCUT2D eigenvalue weighted by atomic mass is 10.0. The number of rotatable bonds is 4. The van der Waals surface area contributed by atoms with Gasteiger partial charge < -0.3 is 18.9 Å². The second kappa shape index (κ2) is 5.26. The van der Waals surface area contributed by atoms with Gasteiger partial charge in [-0.05, 0) is 24.6 Å². The molecule has 0 aliphatic rings. The van der Waals surface area contributed by atoms with Crippen molar-refractivity contribution in [3.05, 3.63) is 23.8 Å². The Hall–Kier alpha value is -2.10. The van der Waals surface area contributed by atoms with Crippen molar-refractivity contribution in [2.24, 2.45) is 0 Å². The van der Waals surface area contributed by atoms with Gasteiger partial charge in [0.15, 0.2) is 11.5 Å². The zero-order chi connectivity index (χ0) is 14.0. The number of fused-ring (bicyclic) bond motifs is 1. The maximum atomic E-state index is 5.47. The predicted molar refractivity (Wildman–Crippen MR) is 74.9 cm³/mol. The molecule has 0 saturated heterocycles. The molecule has 0 saturated carbocycles. The van der Waals surface area contributed by atoms with E-state index in [1.54, 1.807) is 28.4 Å². The average Bonchev–Trinajstić information content (AvgIpc) is 2.45. The van der Waals surface area contributed by atoms with Crippen LogP contribution in [-0.4, -0.2) is 28.4 Å². The van der Waals surface area contributed by atoms with Crippen LogP contribution >= 0.6 is 0 Å². The van der Waals surface area contributed by atoms with Gasteiger partial charge in [0.25, 0.3) is 0 Å². The Morgan fingerprint density at radius 3 is 1.95 bits per heavy atom. The summed E-state index contributed by atoms with van der Waals surface area (Å²) in [6.45, 7) is 2.01. The Kier molecular flexibility index (Phi) is 3.69. The third-order valence-corrected chi connectivity index (χ3v) is 3.17. The topological polar surface area (TPSA) is 36.9 Å². The summed E-state index contributed by atoms with van der Waals surface area (Å²) in [4.78, 5) is 0. The third-order valence-electron chi connectivity index (χ3n) is 3.17. The van der Waals surface area contributed by atoms with Gasteiger partial charge in [-0.2, -0.15) is 0 Å². The molecule has 0 fully saturated rings. The van der Waals surface area contributed by atoms with Gasteiger partial charge in [-0.3, -0.25) is 0 Å². The summed E-state index contributed by atoms with van der Waals surface area (Å²) in [5.74, 6) is 2.85. The zero-order valence-electron chi connectivity index (χ0n) is 11.9. The van der Waals surface area contributed by atoms with E-state index in [0.717, 1.165) is 27.8 Å². The van der Waals surface area contributed by atoms with Crippen LogP contribution in [0.25, 0.3) is 10.8 Å². The molecule has 0 aliphatic carbocycles. The van der Waals surface area contributed by atoms with Gasteiger partial charge in [0.05, 0.1) is 28.4 Å². The van der Waals surface area contributed by atoms with Crippen molar-refractivity contribution in [2.75, 3.05) is 28.4 Å². The van der Waals surface area contributed by atoms with Crippen molar-refractivity contribution in [3.8, 4) is 23.0 Å². The van der Waals surface area contributed by atoms with Crippen LogP contribution in [0.5, 0.6) is 23.0 Å². The molecule has 0 atom stereocenters. The molecule has 0 aromatic heterocycles. The number of aryl methyl sites for hydroxylation is 1. The van der Waals surface area contributed by atoms with Crippen molar-refractivity contribution in [2.45, 2.75) is 6.92 Å². The number of ether oxygens (including phenoxy) is 4. The highest BCUT2D eigenvalue weighted by Crippen LogP contribution is 2.43. The number of hydrogen-bond donors (Lipinski definition) is 0. The van der Waals surface area contributed by atoms with Gasteiger partial charge in [0.2, 0.25) is 0 Å². The molecule has 4 nitrogen and oxygen atoms in total. The Labute approximate surface area is 112 Å². The maximum Gasteiger partial charge on any atom is 0.168 e. The van der Waals surface area contributed by atoms with E-state index in [-0.39, 0.29) is 0 Å². The number of benzene rings is 2. The van der Waals surface area contributed by atoms with Crippen molar-refractivity contribution >= 4 is 10.8 Å². The molecule has 2 aromatic carbocycles. The quantitative estimate of drug-likeness (QED) is 0.848. The van der Waals surface area contributed by atoms with E-state index in [1.165, 1.54) is 0 Å². The molecule has 0 radical (unpaired) electrons. The van der Waals surface area contributed by atoms with Crippen LogP contribution in [0, 0.1) is 6.92 Å². The largest absolute Gasteiger partial charge is 0.497 e. The van der Waals surface area contributed by atoms with Gasteiger partial charge >= 0.3 is 0 Å². The molecule has 0 unspecified atom stereocenters. The van der Waals surface area contributed by atoms with E-state index in [0.29, 0.717) is 11.5 Å². The van der Waals surface area contributed by atoms with Crippen LogP contribution in [0.2, 0.25) is 0 Å². The van der Waals surface area contributed by atoms with Crippen LogP contribution in [0.3, 0.4) is 0 Å². The summed E-state index contributed by atoms with van der Waals surface area (Å²) in [5.41, 5.74) is 1.06. The van der Waals surface area contributed by atoms with Crippen molar-refractivity contribution in [3.63, 3.8) is 0 Å². The van der Waals surface area contributed by atoms with Crippen molar-refractivity contribution in [1.29, 1.82) is 0 Å².